The molecule has 4 heteroatoms. The predicted octanol–water partition coefficient (Wildman–Crippen LogP) is 3.71. The van der Waals surface area contributed by atoms with E-state index in [2.05, 4.69) is 0 Å². The van der Waals surface area contributed by atoms with Gasteiger partial charge in [-0.3, -0.25) is 0 Å². The van der Waals surface area contributed by atoms with Crippen LogP contribution in [0.15, 0.2) is 48.5 Å². The van der Waals surface area contributed by atoms with E-state index in [-0.39, 0.29) is 11.6 Å². The molecule has 18 heavy (non-hydrogen) atoms. The minimum absolute atomic E-state index is 0.245. The Bertz CT molecular complexity index is 552. The quantitative estimate of drug-likeness (QED) is 0.598. The average molecular weight is 246 g/mol. The maximum absolute atomic E-state index is 13.0. The lowest BCUT2D eigenvalue weighted by molar-refractivity contribution is 0.152. The fourth-order valence-electron chi connectivity index (χ4n) is 1.38. The van der Waals surface area contributed by atoms with Crippen molar-refractivity contribution in [3.8, 4) is 11.5 Å². The highest BCUT2D eigenvalue weighted by atomic mass is 19.1. The molecule has 2 rings (SSSR count). The summed E-state index contributed by atoms with van der Waals surface area (Å²) in [6, 6.07) is 12.6. The SMILES string of the molecule is Cc1cc(OC(=O)Oc2ccccc2)ccc1F. The lowest BCUT2D eigenvalue weighted by atomic mass is 10.2. The number of aryl methyl sites for hydroxylation is 1. The number of benzene rings is 2. The van der Waals surface area contributed by atoms with Gasteiger partial charge in [-0.25, -0.2) is 9.18 Å². The van der Waals surface area contributed by atoms with Gasteiger partial charge in [0.25, 0.3) is 0 Å². The molecule has 0 radical (unpaired) electrons. The summed E-state index contributed by atoms with van der Waals surface area (Å²) < 4.78 is 22.9. The second-order valence-corrected chi connectivity index (χ2v) is 3.68. The van der Waals surface area contributed by atoms with Crippen molar-refractivity contribution in [3.63, 3.8) is 0 Å². The fraction of sp³-hybridized carbons (Fsp3) is 0.0714. The lowest BCUT2D eigenvalue weighted by Crippen LogP contribution is -2.13. The van der Waals surface area contributed by atoms with Crippen molar-refractivity contribution < 1.29 is 18.7 Å². The third-order valence-electron chi connectivity index (χ3n) is 2.27. The topological polar surface area (TPSA) is 35.5 Å². The molecule has 92 valence electrons. The number of rotatable bonds is 2. The van der Waals surface area contributed by atoms with Crippen LogP contribution >= 0.6 is 0 Å². The molecule has 2 aromatic carbocycles. The molecule has 0 aromatic heterocycles. The zero-order valence-corrected chi connectivity index (χ0v) is 9.72. The Morgan fingerprint density at radius 3 is 2.33 bits per heavy atom. The van der Waals surface area contributed by atoms with Crippen molar-refractivity contribution >= 4 is 6.16 Å². The summed E-state index contributed by atoms with van der Waals surface area (Å²) in [7, 11) is 0. The third kappa shape index (κ3) is 3.07. The van der Waals surface area contributed by atoms with Crippen LogP contribution in [-0.4, -0.2) is 6.16 Å². The summed E-state index contributed by atoms with van der Waals surface area (Å²) in [5, 5.41) is 0. The summed E-state index contributed by atoms with van der Waals surface area (Å²) in [5.74, 6) is 0.287. The van der Waals surface area contributed by atoms with Crippen molar-refractivity contribution in [2.24, 2.45) is 0 Å². The number of carbonyl (C=O) groups excluding carboxylic acids is 1. The largest absolute Gasteiger partial charge is 0.519 e. The second-order valence-electron chi connectivity index (χ2n) is 3.68. The minimum atomic E-state index is -0.854. The van der Waals surface area contributed by atoms with Gasteiger partial charge in [-0.15, -0.1) is 0 Å². The molecule has 0 fully saturated rings. The molecule has 0 heterocycles. The van der Waals surface area contributed by atoms with Crippen molar-refractivity contribution in [1.82, 2.24) is 0 Å². The molecule has 0 saturated heterocycles. The van der Waals surface area contributed by atoms with E-state index < -0.39 is 6.16 Å². The van der Waals surface area contributed by atoms with Crippen LogP contribution in [0, 0.1) is 12.7 Å². The summed E-state index contributed by atoms with van der Waals surface area (Å²) in [6.07, 6.45) is -0.854. The van der Waals surface area contributed by atoms with E-state index in [1.807, 2.05) is 6.07 Å². The Morgan fingerprint density at radius 2 is 1.67 bits per heavy atom. The number of hydrogen-bond acceptors (Lipinski definition) is 3. The standard InChI is InChI=1S/C14H11FO3/c1-10-9-12(7-8-13(10)15)18-14(16)17-11-5-3-2-4-6-11/h2-9H,1H3. The van der Waals surface area contributed by atoms with E-state index in [4.69, 9.17) is 9.47 Å². The number of halogens is 1. The Morgan fingerprint density at radius 1 is 1.00 bits per heavy atom. The van der Waals surface area contributed by atoms with Crippen molar-refractivity contribution in [3.05, 3.63) is 59.9 Å². The fourth-order valence-corrected chi connectivity index (χ4v) is 1.38. The van der Waals surface area contributed by atoms with Crippen molar-refractivity contribution in [1.29, 1.82) is 0 Å². The van der Waals surface area contributed by atoms with E-state index in [9.17, 15) is 9.18 Å². The third-order valence-corrected chi connectivity index (χ3v) is 2.27. The molecule has 0 aliphatic rings. The zero-order chi connectivity index (χ0) is 13.0. The molecular formula is C14H11FO3. The van der Waals surface area contributed by atoms with Crippen LogP contribution in [0.5, 0.6) is 11.5 Å². The van der Waals surface area contributed by atoms with Gasteiger partial charge >= 0.3 is 6.16 Å². The van der Waals surface area contributed by atoms with Crippen LogP contribution in [0.1, 0.15) is 5.56 Å². The maximum Gasteiger partial charge on any atom is 0.519 e. The van der Waals surface area contributed by atoms with Crippen LogP contribution in [0.3, 0.4) is 0 Å². The van der Waals surface area contributed by atoms with Gasteiger partial charge in [-0.05, 0) is 42.8 Å². The Kier molecular flexibility index (Phi) is 3.57. The van der Waals surface area contributed by atoms with E-state index >= 15 is 0 Å². The summed E-state index contributed by atoms with van der Waals surface area (Å²) in [5.41, 5.74) is 0.403. The first-order valence-electron chi connectivity index (χ1n) is 5.36. The Balaban J connectivity index is 2.01. The monoisotopic (exact) mass is 246 g/mol. The number of ether oxygens (including phenoxy) is 2. The maximum atomic E-state index is 13.0. The van der Waals surface area contributed by atoms with Crippen LogP contribution in [0.25, 0.3) is 0 Å². The van der Waals surface area contributed by atoms with Gasteiger partial charge < -0.3 is 9.47 Å². The molecule has 0 saturated carbocycles. The molecule has 2 aromatic rings. The number of carbonyl (C=O) groups is 1. The molecule has 0 atom stereocenters. The van der Waals surface area contributed by atoms with Gasteiger partial charge in [0.15, 0.2) is 0 Å². The zero-order valence-electron chi connectivity index (χ0n) is 9.72. The highest BCUT2D eigenvalue weighted by molar-refractivity contribution is 5.67. The van der Waals surface area contributed by atoms with Crippen LogP contribution in [0.4, 0.5) is 9.18 Å². The van der Waals surface area contributed by atoms with E-state index in [0.29, 0.717) is 11.3 Å². The highest BCUT2D eigenvalue weighted by Gasteiger charge is 2.08. The summed E-state index contributed by atoms with van der Waals surface area (Å²) in [6.45, 7) is 1.59. The van der Waals surface area contributed by atoms with Gasteiger partial charge in [0.2, 0.25) is 0 Å². The van der Waals surface area contributed by atoms with Gasteiger partial charge in [0.05, 0.1) is 0 Å². The van der Waals surface area contributed by atoms with Crippen LogP contribution in [-0.2, 0) is 0 Å². The molecule has 0 N–H and O–H groups in total. The van der Waals surface area contributed by atoms with E-state index in [0.717, 1.165) is 0 Å². The Labute approximate surface area is 104 Å². The van der Waals surface area contributed by atoms with Crippen molar-refractivity contribution in [2.45, 2.75) is 6.92 Å². The smallest absolute Gasteiger partial charge is 0.395 e. The van der Waals surface area contributed by atoms with E-state index in [1.54, 1.807) is 31.2 Å². The first-order valence-corrected chi connectivity index (χ1v) is 5.36. The van der Waals surface area contributed by atoms with Gasteiger partial charge in [0.1, 0.15) is 17.3 Å². The molecule has 0 bridgehead atoms. The molecule has 0 aliphatic carbocycles. The summed E-state index contributed by atoms with van der Waals surface area (Å²) in [4.78, 5) is 11.4. The molecule has 0 unspecified atom stereocenters. The predicted molar refractivity (Wildman–Crippen MR) is 64.2 cm³/mol. The number of hydrogen-bond donors (Lipinski definition) is 0. The summed E-state index contributed by atoms with van der Waals surface area (Å²) >= 11 is 0. The van der Waals surface area contributed by atoms with Crippen molar-refractivity contribution in [2.75, 3.05) is 0 Å². The molecule has 0 amide bonds. The second kappa shape index (κ2) is 5.31. The van der Waals surface area contributed by atoms with Crippen LogP contribution in [0.2, 0.25) is 0 Å². The molecule has 0 aliphatic heterocycles. The average Bonchev–Trinajstić information content (AvgIpc) is 2.35. The molecule has 3 nitrogen and oxygen atoms in total. The molecule has 0 spiro atoms. The van der Waals surface area contributed by atoms with Gasteiger partial charge in [-0.2, -0.15) is 0 Å². The normalized spacial score (nSPS) is 9.89. The first kappa shape index (κ1) is 12.1. The first-order chi connectivity index (χ1) is 8.65. The number of para-hydroxylation sites is 1. The Hall–Kier alpha value is -2.36. The minimum Gasteiger partial charge on any atom is -0.395 e. The lowest BCUT2D eigenvalue weighted by Gasteiger charge is -2.06. The van der Waals surface area contributed by atoms with Gasteiger partial charge in [-0.1, -0.05) is 18.2 Å². The highest BCUT2D eigenvalue weighted by Crippen LogP contribution is 2.17. The van der Waals surface area contributed by atoms with E-state index in [1.165, 1.54) is 18.2 Å². The molecular weight excluding hydrogens is 235 g/mol. The van der Waals surface area contributed by atoms with Crippen LogP contribution < -0.4 is 9.47 Å². The van der Waals surface area contributed by atoms with Gasteiger partial charge in [0, 0.05) is 0 Å².